The molecule has 0 saturated carbocycles. The zero-order chi connectivity index (χ0) is 27.8. The smallest absolute Gasteiger partial charge is 0.255 e. The van der Waals surface area contributed by atoms with Gasteiger partial charge in [-0.15, -0.1) is 0 Å². The summed E-state index contributed by atoms with van der Waals surface area (Å²) in [6.45, 7) is 1.70. The van der Waals surface area contributed by atoms with Gasteiger partial charge in [0.1, 0.15) is 22.6 Å². The molecule has 1 aromatic carbocycles. The van der Waals surface area contributed by atoms with Gasteiger partial charge in [0.25, 0.3) is 5.91 Å². The summed E-state index contributed by atoms with van der Waals surface area (Å²) in [7, 11) is -5.93. The van der Waals surface area contributed by atoms with Gasteiger partial charge >= 0.3 is 0 Å². The second-order valence-electron chi connectivity index (χ2n) is 9.12. The molecule has 1 saturated heterocycles. The molecule has 1 aliphatic rings. The Balaban J connectivity index is 1.78. The molecule has 2 aromatic heterocycles. The third kappa shape index (κ3) is 5.30. The lowest BCUT2D eigenvalue weighted by atomic mass is 10.0. The number of Topliss-reactive ketones (excluding diaryl/α,β-unsaturated/α-hetero) is 1. The minimum Gasteiger partial charge on any atom is -0.437 e. The van der Waals surface area contributed by atoms with Crippen molar-refractivity contribution in [2.45, 2.75) is 37.9 Å². The van der Waals surface area contributed by atoms with Gasteiger partial charge in [0.15, 0.2) is 15.6 Å². The van der Waals surface area contributed by atoms with Gasteiger partial charge in [0.2, 0.25) is 15.7 Å². The number of benzene rings is 1. The molecule has 1 amide bonds. The van der Waals surface area contributed by atoms with Crippen molar-refractivity contribution < 1.29 is 35.2 Å². The number of furan rings is 1. The Morgan fingerprint density at radius 1 is 1.26 bits per heavy atom. The Kier molecular flexibility index (Phi) is 7.62. The van der Waals surface area contributed by atoms with Crippen molar-refractivity contribution in [1.82, 2.24) is 10.3 Å². The van der Waals surface area contributed by atoms with E-state index in [-0.39, 0.29) is 60.2 Å². The van der Waals surface area contributed by atoms with E-state index in [1.165, 1.54) is 31.3 Å². The highest BCUT2D eigenvalue weighted by molar-refractivity contribution is 7.93. The van der Waals surface area contributed by atoms with Crippen molar-refractivity contribution in [2.24, 2.45) is 0 Å². The Morgan fingerprint density at radius 2 is 1.95 bits per heavy atom. The Hall–Kier alpha value is -3.32. The Morgan fingerprint density at radius 3 is 2.50 bits per heavy atom. The van der Waals surface area contributed by atoms with Crippen LogP contribution in [0.15, 0.2) is 34.7 Å². The minimum absolute atomic E-state index is 0.00712. The Labute approximate surface area is 220 Å². The van der Waals surface area contributed by atoms with Crippen LogP contribution in [0.5, 0.6) is 0 Å². The zero-order valence-corrected chi connectivity index (χ0v) is 22.8. The number of aromatic nitrogens is 1. The highest BCUT2D eigenvalue weighted by atomic mass is 32.2. The summed E-state index contributed by atoms with van der Waals surface area (Å²) in [6.07, 6.45) is 1.48. The number of halogens is 1. The van der Waals surface area contributed by atoms with Crippen LogP contribution < -0.4 is 9.62 Å². The van der Waals surface area contributed by atoms with Gasteiger partial charge in [-0.05, 0) is 55.2 Å². The second-order valence-corrected chi connectivity index (χ2v) is 13.3. The van der Waals surface area contributed by atoms with Crippen LogP contribution in [0.3, 0.4) is 0 Å². The van der Waals surface area contributed by atoms with Crippen molar-refractivity contribution in [2.75, 3.05) is 29.9 Å². The number of fused-ring (bicyclic) bond motifs is 1. The first kappa shape index (κ1) is 27.7. The molecule has 204 valence electrons. The molecular formula is C25H28FN3O7S2. The summed E-state index contributed by atoms with van der Waals surface area (Å²) in [4.78, 5) is 29.3. The number of nitrogens with one attached hydrogen (secondary N) is 1. The van der Waals surface area contributed by atoms with Crippen LogP contribution in [-0.4, -0.2) is 64.4 Å². The van der Waals surface area contributed by atoms with Crippen LogP contribution >= 0.6 is 0 Å². The summed E-state index contributed by atoms with van der Waals surface area (Å²) in [6, 6.07) is 7.02. The summed E-state index contributed by atoms with van der Waals surface area (Å²) >= 11 is 0. The SMILES string of the molecule is CCc1cc2c(C(=O)NC)c(-c3ccc(F)cc3)oc2nc1N(CCCC1C(=O)CCS1(=O)=O)S(C)(=O)=O. The predicted octanol–water partition coefficient (Wildman–Crippen LogP) is 2.86. The normalized spacial score (nSPS) is 17.2. The number of ketones is 1. The van der Waals surface area contributed by atoms with Crippen molar-refractivity contribution in [1.29, 1.82) is 0 Å². The first-order valence-corrected chi connectivity index (χ1v) is 15.6. The van der Waals surface area contributed by atoms with E-state index in [4.69, 9.17) is 4.42 Å². The van der Waals surface area contributed by atoms with Crippen LogP contribution in [0.2, 0.25) is 0 Å². The van der Waals surface area contributed by atoms with Crippen LogP contribution in [-0.2, 0) is 31.1 Å². The summed E-state index contributed by atoms with van der Waals surface area (Å²) < 4.78 is 70.5. The lowest BCUT2D eigenvalue weighted by Gasteiger charge is -2.24. The van der Waals surface area contributed by atoms with Crippen LogP contribution in [0.1, 0.15) is 42.1 Å². The summed E-state index contributed by atoms with van der Waals surface area (Å²) in [5.41, 5.74) is 1.14. The number of pyridine rings is 1. The number of nitrogens with zero attached hydrogens (tertiary/aromatic N) is 2. The predicted molar refractivity (Wildman–Crippen MR) is 141 cm³/mol. The molecule has 10 nitrogen and oxygen atoms in total. The fourth-order valence-electron chi connectivity index (χ4n) is 4.62. The van der Waals surface area contributed by atoms with Gasteiger partial charge in [-0.25, -0.2) is 21.2 Å². The number of hydrogen-bond donors (Lipinski definition) is 1. The molecule has 1 unspecified atom stereocenters. The van der Waals surface area contributed by atoms with Crippen LogP contribution in [0.25, 0.3) is 22.4 Å². The second kappa shape index (κ2) is 10.4. The molecular weight excluding hydrogens is 537 g/mol. The lowest BCUT2D eigenvalue weighted by molar-refractivity contribution is -0.117. The minimum atomic E-state index is -3.86. The number of carbonyl (C=O) groups excluding carboxylic acids is 2. The molecule has 0 bridgehead atoms. The van der Waals surface area contributed by atoms with Crippen LogP contribution in [0, 0.1) is 5.82 Å². The van der Waals surface area contributed by atoms with Crippen molar-refractivity contribution in [3.63, 3.8) is 0 Å². The Bertz CT molecular complexity index is 1610. The third-order valence-electron chi connectivity index (χ3n) is 6.57. The van der Waals surface area contributed by atoms with E-state index in [9.17, 15) is 30.8 Å². The average Bonchev–Trinajstić information content (AvgIpc) is 3.36. The number of hydrogen-bond acceptors (Lipinski definition) is 8. The molecule has 3 heterocycles. The van der Waals surface area contributed by atoms with Gasteiger partial charge in [-0.1, -0.05) is 6.92 Å². The van der Waals surface area contributed by atoms with E-state index in [0.29, 0.717) is 22.9 Å². The highest BCUT2D eigenvalue weighted by Crippen LogP contribution is 2.36. The van der Waals surface area contributed by atoms with Crippen molar-refractivity contribution in [3.8, 4) is 11.3 Å². The number of sulfone groups is 1. The molecule has 38 heavy (non-hydrogen) atoms. The zero-order valence-electron chi connectivity index (χ0n) is 21.2. The molecule has 0 radical (unpaired) electrons. The topological polar surface area (TPSA) is 144 Å². The average molecular weight is 566 g/mol. The molecule has 1 N–H and O–H groups in total. The largest absolute Gasteiger partial charge is 0.437 e. The summed E-state index contributed by atoms with van der Waals surface area (Å²) in [5, 5.41) is 1.80. The first-order chi connectivity index (χ1) is 17.9. The third-order valence-corrected chi connectivity index (χ3v) is 9.86. The maximum atomic E-state index is 13.5. The molecule has 0 aliphatic carbocycles. The van der Waals surface area contributed by atoms with Crippen LogP contribution in [0.4, 0.5) is 10.2 Å². The number of sulfonamides is 1. The lowest BCUT2D eigenvalue weighted by Crippen LogP contribution is -2.33. The van der Waals surface area contributed by atoms with Crippen molar-refractivity contribution in [3.05, 3.63) is 47.3 Å². The van der Waals surface area contributed by atoms with Gasteiger partial charge in [0, 0.05) is 25.6 Å². The number of carbonyl (C=O) groups is 2. The molecule has 1 fully saturated rings. The van der Waals surface area contributed by atoms with E-state index < -0.39 is 36.8 Å². The van der Waals surface area contributed by atoms with Gasteiger partial charge in [0.05, 0.1) is 23.0 Å². The fourth-order valence-corrected chi connectivity index (χ4v) is 7.37. The molecule has 4 rings (SSSR count). The van der Waals surface area contributed by atoms with Gasteiger partial charge in [-0.3, -0.25) is 13.9 Å². The molecule has 0 spiro atoms. The molecule has 1 atom stereocenters. The van der Waals surface area contributed by atoms with Gasteiger partial charge < -0.3 is 9.73 Å². The molecule has 3 aromatic rings. The van der Waals surface area contributed by atoms with Gasteiger partial charge in [-0.2, -0.15) is 4.98 Å². The van der Waals surface area contributed by atoms with E-state index >= 15 is 0 Å². The van der Waals surface area contributed by atoms with E-state index in [1.54, 1.807) is 13.0 Å². The highest BCUT2D eigenvalue weighted by Gasteiger charge is 2.38. The van der Waals surface area contributed by atoms with E-state index in [1.807, 2.05) is 0 Å². The van der Waals surface area contributed by atoms with E-state index in [0.717, 1.165) is 10.6 Å². The maximum Gasteiger partial charge on any atom is 0.255 e. The number of aryl methyl sites for hydroxylation is 1. The molecule has 13 heteroatoms. The monoisotopic (exact) mass is 565 g/mol. The molecule has 1 aliphatic heterocycles. The summed E-state index contributed by atoms with van der Waals surface area (Å²) in [5.74, 6) is -1.21. The number of amides is 1. The fraction of sp³-hybridized carbons (Fsp3) is 0.400. The number of rotatable bonds is 9. The number of anilines is 1. The van der Waals surface area contributed by atoms with E-state index in [2.05, 4.69) is 10.3 Å². The van der Waals surface area contributed by atoms with Crippen molar-refractivity contribution >= 4 is 48.5 Å². The maximum absolute atomic E-state index is 13.5. The first-order valence-electron chi connectivity index (χ1n) is 12.0. The standard InChI is InChI=1S/C25H28FN3O7S2/c1-4-15-14-18-21(24(31)27-2)22(16-7-9-17(26)10-8-16)36-25(18)28-23(15)29(37(3,32)33)12-5-6-20-19(30)11-13-38(20,34)35/h7-10,14,20H,4-6,11-13H2,1-3H3,(H,27,31). The quantitative estimate of drug-likeness (QED) is 0.417.